The molecular formula is C15H19N5. The Bertz CT molecular complexity index is 639. The normalized spacial score (nSPS) is 19.2. The van der Waals surface area contributed by atoms with Crippen molar-refractivity contribution in [3.05, 3.63) is 24.0 Å². The number of rotatable bonds is 3. The van der Waals surface area contributed by atoms with Gasteiger partial charge in [0.15, 0.2) is 5.65 Å². The first-order valence-electron chi connectivity index (χ1n) is 7.30. The Kier molecular flexibility index (Phi) is 3.55. The monoisotopic (exact) mass is 269 g/mol. The first kappa shape index (κ1) is 12.9. The van der Waals surface area contributed by atoms with E-state index < -0.39 is 0 Å². The van der Waals surface area contributed by atoms with E-state index in [2.05, 4.69) is 34.0 Å². The molecular weight excluding hydrogens is 250 g/mol. The van der Waals surface area contributed by atoms with Crippen molar-refractivity contribution in [3.63, 3.8) is 0 Å². The lowest BCUT2D eigenvalue weighted by Gasteiger charge is -2.31. The molecule has 0 saturated carbocycles. The third-order valence-electron chi connectivity index (χ3n) is 3.83. The highest BCUT2D eigenvalue weighted by molar-refractivity contribution is 5.51. The van der Waals surface area contributed by atoms with E-state index in [9.17, 15) is 0 Å². The number of hydrogen-bond acceptors (Lipinski definition) is 4. The number of piperidine rings is 1. The molecule has 1 aliphatic heterocycles. The lowest BCUT2D eigenvalue weighted by molar-refractivity contribution is 0.487. The van der Waals surface area contributed by atoms with Crippen LogP contribution in [-0.2, 0) is 6.42 Å². The fraction of sp³-hybridized carbons (Fsp3) is 0.533. The number of aromatic nitrogens is 3. The Balaban J connectivity index is 2.00. The number of fused-ring (bicyclic) bond motifs is 1. The third kappa shape index (κ3) is 2.34. The highest BCUT2D eigenvalue weighted by Crippen LogP contribution is 2.24. The second-order valence-electron chi connectivity index (χ2n) is 5.37. The van der Waals surface area contributed by atoms with Gasteiger partial charge in [0.2, 0.25) is 0 Å². The minimum absolute atomic E-state index is 0.122. The van der Waals surface area contributed by atoms with Crippen LogP contribution in [0.15, 0.2) is 18.3 Å². The molecule has 0 unspecified atom stereocenters. The maximum atomic E-state index is 9.16. The molecule has 104 valence electrons. The molecule has 0 aliphatic carbocycles. The van der Waals surface area contributed by atoms with Crippen molar-refractivity contribution >= 4 is 11.5 Å². The summed E-state index contributed by atoms with van der Waals surface area (Å²) in [5.74, 6) is 1.19. The number of aryl methyl sites for hydroxylation is 1. The zero-order chi connectivity index (χ0) is 13.9. The summed E-state index contributed by atoms with van der Waals surface area (Å²) in [7, 11) is 0. The van der Waals surface area contributed by atoms with Crippen LogP contribution >= 0.6 is 0 Å². The number of nitrogens with zero attached hydrogens (tertiary/aromatic N) is 5. The summed E-state index contributed by atoms with van der Waals surface area (Å²) < 4.78 is 1.89. The molecule has 5 heteroatoms. The van der Waals surface area contributed by atoms with Gasteiger partial charge in [-0.05, 0) is 19.3 Å². The lowest BCUT2D eigenvalue weighted by Crippen LogP contribution is -2.36. The zero-order valence-corrected chi connectivity index (χ0v) is 11.8. The number of hydrogen-bond donors (Lipinski definition) is 0. The van der Waals surface area contributed by atoms with Gasteiger partial charge in [0.25, 0.3) is 0 Å². The minimum Gasteiger partial charge on any atom is -0.355 e. The SMILES string of the molecule is CCCc1cc(N2CCC[C@H](C#N)C2)n2nccc2n1. The molecule has 0 N–H and O–H groups in total. The molecule has 0 aromatic carbocycles. The molecule has 0 bridgehead atoms. The summed E-state index contributed by atoms with van der Waals surface area (Å²) in [5, 5.41) is 13.5. The van der Waals surface area contributed by atoms with E-state index in [1.165, 1.54) is 0 Å². The maximum Gasteiger partial charge on any atom is 0.157 e. The molecule has 2 aromatic heterocycles. The second kappa shape index (κ2) is 5.49. The van der Waals surface area contributed by atoms with Gasteiger partial charge in [0.05, 0.1) is 18.2 Å². The fourth-order valence-corrected chi connectivity index (χ4v) is 2.85. The summed E-state index contributed by atoms with van der Waals surface area (Å²) >= 11 is 0. The Labute approximate surface area is 118 Å². The van der Waals surface area contributed by atoms with E-state index >= 15 is 0 Å². The molecule has 20 heavy (non-hydrogen) atoms. The molecule has 0 amide bonds. The molecule has 3 rings (SSSR count). The van der Waals surface area contributed by atoms with Crippen LogP contribution in [0.3, 0.4) is 0 Å². The van der Waals surface area contributed by atoms with E-state index in [4.69, 9.17) is 5.26 Å². The van der Waals surface area contributed by atoms with Crippen molar-refractivity contribution < 1.29 is 0 Å². The predicted molar refractivity (Wildman–Crippen MR) is 77.5 cm³/mol. The highest BCUT2D eigenvalue weighted by atomic mass is 15.3. The maximum absolute atomic E-state index is 9.16. The lowest BCUT2D eigenvalue weighted by atomic mass is 10.00. The van der Waals surface area contributed by atoms with Crippen LogP contribution in [0.5, 0.6) is 0 Å². The van der Waals surface area contributed by atoms with Gasteiger partial charge >= 0.3 is 0 Å². The van der Waals surface area contributed by atoms with Crippen molar-refractivity contribution in [2.24, 2.45) is 5.92 Å². The first-order chi connectivity index (χ1) is 9.81. The largest absolute Gasteiger partial charge is 0.355 e. The smallest absolute Gasteiger partial charge is 0.157 e. The van der Waals surface area contributed by atoms with Crippen molar-refractivity contribution in [3.8, 4) is 6.07 Å². The average Bonchev–Trinajstić information content (AvgIpc) is 2.95. The topological polar surface area (TPSA) is 57.2 Å². The van der Waals surface area contributed by atoms with Gasteiger partial charge < -0.3 is 4.90 Å². The van der Waals surface area contributed by atoms with Crippen LogP contribution in [0.2, 0.25) is 0 Å². The van der Waals surface area contributed by atoms with E-state index in [1.54, 1.807) is 6.20 Å². The van der Waals surface area contributed by atoms with E-state index in [0.29, 0.717) is 0 Å². The van der Waals surface area contributed by atoms with Gasteiger partial charge in [0.1, 0.15) is 5.82 Å². The summed E-state index contributed by atoms with van der Waals surface area (Å²) in [4.78, 5) is 6.90. The molecule has 0 radical (unpaired) electrons. The van der Waals surface area contributed by atoms with Crippen LogP contribution in [0.4, 0.5) is 5.82 Å². The summed E-state index contributed by atoms with van der Waals surface area (Å²) in [6.07, 6.45) is 5.91. The van der Waals surface area contributed by atoms with Crippen LogP contribution in [-0.4, -0.2) is 27.7 Å². The van der Waals surface area contributed by atoms with Gasteiger partial charge in [-0.3, -0.25) is 0 Å². The quantitative estimate of drug-likeness (QED) is 0.858. The van der Waals surface area contributed by atoms with E-state index in [-0.39, 0.29) is 5.92 Å². The Morgan fingerprint density at radius 2 is 2.40 bits per heavy atom. The third-order valence-corrected chi connectivity index (χ3v) is 3.83. The van der Waals surface area contributed by atoms with Crippen molar-refractivity contribution in [2.45, 2.75) is 32.6 Å². The van der Waals surface area contributed by atoms with Crippen LogP contribution < -0.4 is 4.90 Å². The Hall–Kier alpha value is -2.09. The number of nitriles is 1. The molecule has 1 saturated heterocycles. The summed E-state index contributed by atoms with van der Waals surface area (Å²) in [5.41, 5.74) is 2.00. The Morgan fingerprint density at radius 3 is 3.20 bits per heavy atom. The Morgan fingerprint density at radius 1 is 1.50 bits per heavy atom. The molecule has 1 fully saturated rings. The summed E-state index contributed by atoms with van der Waals surface area (Å²) in [6, 6.07) is 6.47. The van der Waals surface area contributed by atoms with Gasteiger partial charge in [-0.2, -0.15) is 14.9 Å². The molecule has 5 nitrogen and oxygen atoms in total. The van der Waals surface area contributed by atoms with Gasteiger partial charge in [-0.1, -0.05) is 13.3 Å². The highest BCUT2D eigenvalue weighted by Gasteiger charge is 2.22. The second-order valence-corrected chi connectivity index (χ2v) is 5.37. The van der Waals surface area contributed by atoms with Crippen molar-refractivity contribution in [2.75, 3.05) is 18.0 Å². The number of anilines is 1. The van der Waals surface area contributed by atoms with E-state index in [0.717, 1.165) is 55.9 Å². The van der Waals surface area contributed by atoms with E-state index in [1.807, 2.05) is 10.6 Å². The van der Waals surface area contributed by atoms with Gasteiger partial charge in [-0.25, -0.2) is 4.98 Å². The molecule has 3 heterocycles. The molecule has 1 atom stereocenters. The minimum atomic E-state index is 0.122. The predicted octanol–water partition coefficient (Wildman–Crippen LogP) is 2.42. The first-order valence-corrected chi connectivity index (χ1v) is 7.30. The van der Waals surface area contributed by atoms with Gasteiger partial charge in [-0.15, -0.1) is 0 Å². The van der Waals surface area contributed by atoms with Crippen LogP contribution in [0.25, 0.3) is 5.65 Å². The van der Waals surface area contributed by atoms with Gasteiger partial charge in [0, 0.05) is 30.9 Å². The standard InChI is InChI=1S/C15H19N5/c1-2-4-13-9-15(20-14(18-13)6-7-17-20)19-8-3-5-12(10-16)11-19/h6-7,9,12H,2-5,8,11H2,1H3/t12-/m1/s1. The van der Waals surface area contributed by atoms with Crippen LogP contribution in [0, 0.1) is 17.2 Å². The van der Waals surface area contributed by atoms with Crippen LogP contribution in [0.1, 0.15) is 31.9 Å². The summed E-state index contributed by atoms with van der Waals surface area (Å²) in [6.45, 7) is 3.94. The molecule has 0 spiro atoms. The zero-order valence-electron chi connectivity index (χ0n) is 11.8. The molecule has 2 aromatic rings. The van der Waals surface area contributed by atoms with Crippen molar-refractivity contribution in [1.29, 1.82) is 5.26 Å². The molecule has 1 aliphatic rings. The fourth-order valence-electron chi connectivity index (χ4n) is 2.85. The van der Waals surface area contributed by atoms with Crippen molar-refractivity contribution in [1.82, 2.24) is 14.6 Å². The average molecular weight is 269 g/mol.